The summed E-state index contributed by atoms with van der Waals surface area (Å²) in [6, 6.07) is 9.88. The van der Waals surface area contributed by atoms with Gasteiger partial charge in [-0.05, 0) is 24.8 Å². The van der Waals surface area contributed by atoms with E-state index in [1.165, 1.54) is 0 Å². The first kappa shape index (κ1) is 13.1. The van der Waals surface area contributed by atoms with Crippen LogP contribution in [0.3, 0.4) is 0 Å². The number of hydrogen-bond donors (Lipinski definition) is 1. The monoisotopic (exact) mass is 277 g/mol. The van der Waals surface area contributed by atoms with Gasteiger partial charge in [0, 0.05) is 18.7 Å². The lowest BCUT2D eigenvalue weighted by Crippen LogP contribution is -2.39. The van der Waals surface area contributed by atoms with Gasteiger partial charge in [0.2, 0.25) is 0 Å². The quantitative estimate of drug-likeness (QED) is 0.896. The molecule has 1 aromatic carbocycles. The van der Waals surface area contributed by atoms with Crippen molar-refractivity contribution in [2.75, 3.05) is 6.54 Å². The fourth-order valence-electron chi connectivity index (χ4n) is 2.29. The number of hydrazone groups is 1. The highest BCUT2D eigenvalue weighted by Crippen LogP contribution is 2.36. The molecule has 106 valence electrons. The van der Waals surface area contributed by atoms with E-state index in [0.717, 1.165) is 30.5 Å². The molecule has 1 N–H and O–H groups in total. The standard InChI is InChI=1S/C15H17F2N3/c16-14(17)15-19-18-13(12-6-7-12)10-20(15)9-8-11-4-2-1-3-5-11/h1-5,10,12,14,18H,6-9H2. The van der Waals surface area contributed by atoms with Gasteiger partial charge in [-0.1, -0.05) is 30.3 Å². The average molecular weight is 277 g/mol. The summed E-state index contributed by atoms with van der Waals surface area (Å²) in [4.78, 5) is 1.59. The summed E-state index contributed by atoms with van der Waals surface area (Å²) < 4.78 is 26.0. The highest BCUT2D eigenvalue weighted by molar-refractivity contribution is 5.86. The molecule has 2 aliphatic rings. The summed E-state index contributed by atoms with van der Waals surface area (Å²) in [5.41, 5.74) is 4.87. The molecule has 0 saturated heterocycles. The Balaban J connectivity index is 1.69. The molecule has 20 heavy (non-hydrogen) atoms. The zero-order valence-corrected chi connectivity index (χ0v) is 11.1. The summed E-state index contributed by atoms with van der Waals surface area (Å²) in [7, 11) is 0. The van der Waals surface area contributed by atoms with Crippen LogP contribution in [-0.4, -0.2) is 23.7 Å². The number of hydrogen-bond acceptors (Lipinski definition) is 3. The Hall–Kier alpha value is -1.91. The molecule has 3 rings (SSSR count). The average Bonchev–Trinajstić information content (AvgIpc) is 3.30. The molecule has 5 heteroatoms. The van der Waals surface area contributed by atoms with Crippen molar-refractivity contribution in [2.24, 2.45) is 11.0 Å². The van der Waals surface area contributed by atoms with Gasteiger partial charge in [0.25, 0.3) is 6.43 Å². The fraction of sp³-hybridized carbons (Fsp3) is 0.400. The third-order valence-corrected chi connectivity index (χ3v) is 3.59. The van der Waals surface area contributed by atoms with E-state index in [4.69, 9.17) is 0 Å². The van der Waals surface area contributed by atoms with Crippen LogP contribution < -0.4 is 5.43 Å². The van der Waals surface area contributed by atoms with Crippen LogP contribution >= 0.6 is 0 Å². The minimum atomic E-state index is -2.56. The van der Waals surface area contributed by atoms with Gasteiger partial charge in [-0.15, -0.1) is 0 Å². The Kier molecular flexibility index (Phi) is 3.67. The molecular weight excluding hydrogens is 260 g/mol. The van der Waals surface area contributed by atoms with E-state index in [0.29, 0.717) is 12.5 Å². The number of allylic oxidation sites excluding steroid dienone is 1. The maximum Gasteiger partial charge on any atom is 0.297 e. The number of nitrogens with zero attached hydrogens (tertiary/aromatic N) is 2. The van der Waals surface area contributed by atoms with Crippen molar-refractivity contribution < 1.29 is 8.78 Å². The normalized spacial score (nSPS) is 18.6. The summed E-state index contributed by atoms with van der Waals surface area (Å²) in [5, 5.41) is 3.84. The van der Waals surface area contributed by atoms with Crippen molar-refractivity contribution in [3.05, 3.63) is 47.8 Å². The molecule has 0 radical (unpaired) electrons. The van der Waals surface area contributed by atoms with E-state index in [1.807, 2.05) is 30.3 Å². The Morgan fingerprint density at radius 3 is 2.65 bits per heavy atom. The van der Waals surface area contributed by atoms with Crippen LogP contribution in [0.4, 0.5) is 8.78 Å². The molecule has 1 aromatic rings. The number of alkyl halides is 2. The lowest BCUT2D eigenvalue weighted by molar-refractivity contribution is 0.206. The number of benzene rings is 1. The van der Waals surface area contributed by atoms with Crippen molar-refractivity contribution in [3.8, 4) is 0 Å². The molecule has 0 amide bonds. The summed E-state index contributed by atoms with van der Waals surface area (Å²) >= 11 is 0. The predicted molar refractivity (Wildman–Crippen MR) is 74.2 cm³/mol. The maximum absolute atomic E-state index is 13.0. The molecule has 0 unspecified atom stereocenters. The van der Waals surface area contributed by atoms with Crippen molar-refractivity contribution in [3.63, 3.8) is 0 Å². The van der Waals surface area contributed by atoms with E-state index >= 15 is 0 Å². The van der Waals surface area contributed by atoms with Crippen molar-refractivity contribution in [1.29, 1.82) is 0 Å². The molecular formula is C15H17F2N3. The first-order chi connectivity index (χ1) is 9.74. The topological polar surface area (TPSA) is 27.6 Å². The van der Waals surface area contributed by atoms with E-state index < -0.39 is 6.43 Å². The molecule has 1 heterocycles. The SMILES string of the molecule is FC(F)C1=NNC(C2CC2)=CN1CCc1ccccc1. The van der Waals surface area contributed by atoms with Gasteiger partial charge in [-0.25, -0.2) is 8.78 Å². The van der Waals surface area contributed by atoms with Crippen LogP contribution in [0.5, 0.6) is 0 Å². The van der Waals surface area contributed by atoms with E-state index in [1.54, 1.807) is 11.1 Å². The van der Waals surface area contributed by atoms with Crippen molar-refractivity contribution in [1.82, 2.24) is 10.3 Å². The van der Waals surface area contributed by atoms with E-state index in [-0.39, 0.29) is 5.84 Å². The molecule has 3 nitrogen and oxygen atoms in total. The number of amidine groups is 1. The Labute approximate surface area is 117 Å². The lowest BCUT2D eigenvalue weighted by atomic mass is 10.1. The number of halogens is 2. The first-order valence-electron chi connectivity index (χ1n) is 6.88. The van der Waals surface area contributed by atoms with Gasteiger partial charge in [0.1, 0.15) is 0 Å². The van der Waals surface area contributed by atoms with Gasteiger partial charge >= 0.3 is 0 Å². The molecule has 1 aliphatic heterocycles. The summed E-state index contributed by atoms with van der Waals surface area (Å²) in [6.07, 6.45) is 2.20. The number of nitrogens with one attached hydrogen (secondary N) is 1. The van der Waals surface area contributed by atoms with Crippen molar-refractivity contribution >= 4 is 5.84 Å². The number of rotatable bonds is 5. The Morgan fingerprint density at radius 1 is 1.25 bits per heavy atom. The predicted octanol–water partition coefficient (Wildman–Crippen LogP) is 2.96. The van der Waals surface area contributed by atoms with Gasteiger partial charge in [0.15, 0.2) is 5.84 Å². The van der Waals surface area contributed by atoms with Crippen LogP contribution in [0.2, 0.25) is 0 Å². The van der Waals surface area contributed by atoms with Gasteiger partial charge in [-0.3, -0.25) is 5.43 Å². The Morgan fingerprint density at radius 2 is 2.00 bits per heavy atom. The largest absolute Gasteiger partial charge is 0.328 e. The molecule has 0 bridgehead atoms. The zero-order valence-electron chi connectivity index (χ0n) is 11.1. The minimum absolute atomic E-state index is 0.190. The summed E-state index contributed by atoms with van der Waals surface area (Å²) in [5.74, 6) is 0.280. The highest BCUT2D eigenvalue weighted by atomic mass is 19.3. The second kappa shape index (κ2) is 5.61. The Bertz CT molecular complexity index is 521. The third kappa shape index (κ3) is 2.98. The molecule has 0 aromatic heterocycles. The first-order valence-corrected chi connectivity index (χ1v) is 6.88. The maximum atomic E-state index is 13.0. The van der Waals surface area contributed by atoms with Gasteiger partial charge < -0.3 is 4.90 Å². The minimum Gasteiger partial charge on any atom is -0.328 e. The molecule has 1 saturated carbocycles. The molecule has 0 atom stereocenters. The molecule has 0 spiro atoms. The van der Waals surface area contributed by atoms with Gasteiger partial charge in [0.05, 0.1) is 5.70 Å². The van der Waals surface area contributed by atoms with E-state index in [2.05, 4.69) is 10.5 Å². The molecule has 1 fully saturated rings. The van der Waals surface area contributed by atoms with Crippen LogP contribution in [0.1, 0.15) is 18.4 Å². The second-order valence-corrected chi connectivity index (χ2v) is 5.17. The van der Waals surface area contributed by atoms with Gasteiger partial charge in [-0.2, -0.15) is 5.10 Å². The van der Waals surface area contributed by atoms with Crippen LogP contribution in [0.15, 0.2) is 47.3 Å². The van der Waals surface area contributed by atoms with Crippen molar-refractivity contribution in [2.45, 2.75) is 25.7 Å². The lowest BCUT2D eigenvalue weighted by Gasteiger charge is -2.27. The molecule has 1 aliphatic carbocycles. The van der Waals surface area contributed by atoms with E-state index in [9.17, 15) is 8.78 Å². The van der Waals surface area contributed by atoms with Crippen LogP contribution in [0.25, 0.3) is 0 Å². The smallest absolute Gasteiger partial charge is 0.297 e. The highest BCUT2D eigenvalue weighted by Gasteiger charge is 2.31. The summed E-state index contributed by atoms with van der Waals surface area (Å²) in [6.45, 7) is 0.519. The van der Waals surface area contributed by atoms with Crippen LogP contribution in [0, 0.1) is 5.92 Å². The fourth-order valence-corrected chi connectivity index (χ4v) is 2.29. The third-order valence-electron chi connectivity index (χ3n) is 3.59. The second-order valence-electron chi connectivity index (χ2n) is 5.17. The van der Waals surface area contributed by atoms with Crippen LogP contribution in [-0.2, 0) is 6.42 Å². The zero-order chi connectivity index (χ0) is 13.9.